The monoisotopic (exact) mass is 529 g/mol. The minimum absolute atomic E-state index is 0.180. The topological polar surface area (TPSA) is 47.4 Å². The van der Waals surface area contributed by atoms with Gasteiger partial charge in [-0.15, -0.1) is 0 Å². The van der Waals surface area contributed by atoms with Gasteiger partial charge in [0.2, 0.25) is 0 Å². The first-order valence-corrected chi connectivity index (χ1v) is 13.1. The number of hydrogen-bond donors (Lipinski definition) is 0. The Balaban J connectivity index is 1.48. The highest BCUT2D eigenvalue weighted by Gasteiger charge is 2.32. The number of nitrogens with zero attached hydrogens (tertiary/aromatic N) is 3. The molecule has 1 saturated heterocycles. The lowest BCUT2D eigenvalue weighted by molar-refractivity contribution is -0.122. The van der Waals surface area contributed by atoms with Crippen molar-refractivity contribution in [3.05, 3.63) is 107 Å². The van der Waals surface area contributed by atoms with Gasteiger partial charge in [-0.2, -0.15) is 5.10 Å². The van der Waals surface area contributed by atoms with Crippen LogP contribution in [0.4, 0.5) is 4.39 Å². The van der Waals surface area contributed by atoms with Crippen LogP contribution in [0.25, 0.3) is 23.0 Å². The number of thiocarbonyl (C=S) groups is 1. The molecule has 1 aliphatic rings. The van der Waals surface area contributed by atoms with E-state index in [9.17, 15) is 9.18 Å². The van der Waals surface area contributed by atoms with E-state index in [0.717, 1.165) is 40.2 Å². The van der Waals surface area contributed by atoms with Crippen LogP contribution in [-0.4, -0.2) is 31.5 Å². The van der Waals surface area contributed by atoms with Gasteiger partial charge in [-0.3, -0.25) is 9.69 Å². The number of carbonyl (C=O) groups excluding carboxylic acids is 1. The lowest BCUT2D eigenvalue weighted by atomic mass is 10.1. The second-order valence-electron chi connectivity index (χ2n) is 8.48. The van der Waals surface area contributed by atoms with E-state index in [0.29, 0.717) is 15.8 Å². The number of para-hydroxylation sites is 1. The van der Waals surface area contributed by atoms with Crippen LogP contribution in [0.15, 0.2) is 90.0 Å². The maximum Gasteiger partial charge on any atom is 0.266 e. The van der Waals surface area contributed by atoms with E-state index in [1.54, 1.807) is 17.0 Å². The summed E-state index contributed by atoms with van der Waals surface area (Å²) in [5, 5.41) is 4.85. The van der Waals surface area contributed by atoms with Gasteiger partial charge in [-0.25, -0.2) is 9.07 Å². The lowest BCUT2D eigenvalue weighted by Gasteiger charge is -2.14. The zero-order valence-electron chi connectivity index (χ0n) is 20.1. The van der Waals surface area contributed by atoms with Crippen LogP contribution in [0, 0.1) is 5.82 Å². The maximum atomic E-state index is 13.3. The first-order chi connectivity index (χ1) is 18.0. The minimum atomic E-state index is -0.318. The SMILES string of the molecule is CCCOc1ccc(-c2nn(-c3ccccc3)cc2C=C2SC(=S)N(Cc3ccc(F)cc3)C2=O)cc1. The van der Waals surface area contributed by atoms with Crippen LogP contribution in [0.5, 0.6) is 5.75 Å². The van der Waals surface area contributed by atoms with Crippen molar-refractivity contribution in [2.75, 3.05) is 6.61 Å². The molecule has 2 heterocycles. The Morgan fingerprint density at radius 2 is 1.76 bits per heavy atom. The summed E-state index contributed by atoms with van der Waals surface area (Å²) in [5.41, 5.74) is 4.17. The van der Waals surface area contributed by atoms with Crippen molar-refractivity contribution in [1.82, 2.24) is 14.7 Å². The summed E-state index contributed by atoms with van der Waals surface area (Å²) in [5.74, 6) is 0.305. The van der Waals surface area contributed by atoms with E-state index in [4.69, 9.17) is 22.1 Å². The molecule has 3 aromatic carbocycles. The predicted molar refractivity (Wildman–Crippen MR) is 150 cm³/mol. The molecule has 186 valence electrons. The molecule has 0 atom stereocenters. The molecule has 0 saturated carbocycles. The molecule has 1 fully saturated rings. The van der Waals surface area contributed by atoms with Crippen LogP contribution in [-0.2, 0) is 11.3 Å². The molecule has 1 amide bonds. The molecule has 1 aromatic heterocycles. The number of thioether (sulfide) groups is 1. The van der Waals surface area contributed by atoms with Crippen LogP contribution >= 0.6 is 24.0 Å². The summed E-state index contributed by atoms with van der Waals surface area (Å²) in [6.07, 6.45) is 4.69. The van der Waals surface area contributed by atoms with Crippen LogP contribution < -0.4 is 4.74 Å². The lowest BCUT2D eigenvalue weighted by Crippen LogP contribution is -2.27. The van der Waals surface area contributed by atoms with E-state index in [1.807, 2.05) is 71.6 Å². The van der Waals surface area contributed by atoms with E-state index >= 15 is 0 Å². The molecular formula is C29H24FN3O2S2. The van der Waals surface area contributed by atoms with E-state index in [2.05, 4.69) is 6.92 Å². The Hall–Kier alpha value is -3.75. The fourth-order valence-corrected chi connectivity index (χ4v) is 5.16. The predicted octanol–water partition coefficient (Wildman–Crippen LogP) is 6.87. The summed E-state index contributed by atoms with van der Waals surface area (Å²) in [6.45, 7) is 3.02. The van der Waals surface area contributed by atoms with Gasteiger partial charge in [0.15, 0.2) is 0 Å². The van der Waals surface area contributed by atoms with Gasteiger partial charge in [0.1, 0.15) is 15.9 Å². The maximum absolute atomic E-state index is 13.3. The highest BCUT2D eigenvalue weighted by Crippen LogP contribution is 2.36. The van der Waals surface area contributed by atoms with Crippen molar-refractivity contribution < 1.29 is 13.9 Å². The summed E-state index contributed by atoms with van der Waals surface area (Å²) in [7, 11) is 0. The van der Waals surface area contributed by atoms with Gasteiger partial charge in [-0.05, 0) is 66.6 Å². The van der Waals surface area contributed by atoms with E-state index < -0.39 is 0 Å². The van der Waals surface area contributed by atoms with Gasteiger partial charge in [-0.1, -0.05) is 61.2 Å². The molecule has 0 radical (unpaired) electrons. The molecule has 8 heteroatoms. The Kier molecular flexibility index (Phi) is 7.48. The average Bonchev–Trinajstić information content (AvgIpc) is 3.46. The molecular weight excluding hydrogens is 505 g/mol. The van der Waals surface area contributed by atoms with Crippen LogP contribution in [0.3, 0.4) is 0 Å². The van der Waals surface area contributed by atoms with Crippen molar-refractivity contribution in [2.24, 2.45) is 0 Å². The van der Waals surface area contributed by atoms with Gasteiger partial charge in [0.25, 0.3) is 5.91 Å². The molecule has 0 aliphatic carbocycles. The van der Waals surface area contributed by atoms with Crippen molar-refractivity contribution >= 4 is 40.3 Å². The van der Waals surface area contributed by atoms with Gasteiger partial charge in [0.05, 0.1) is 29.4 Å². The fraction of sp³-hybridized carbons (Fsp3) is 0.138. The second-order valence-corrected chi connectivity index (χ2v) is 10.2. The zero-order valence-corrected chi connectivity index (χ0v) is 21.8. The number of rotatable bonds is 8. The highest BCUT2D eigenvalue weighted by atomic mass is 32.2. The smallest absolute Gasteiger partial charge is 0.266 e. The molecule has 37 heavy (non-hydrogen) atoms. The molecule has 0 unspecified atom stereocenters. The number of aromatic nitrogens is 2. The number of halogens is 1. The molecule has 0 N–H and O–H groups in total. The summed E-state index contributed by atoms with van der Waals surface area (Å²) in [6, 6.07) is 23.7. The van der Waals surface area contributed by atoms with E-state index in [1.165, 1.54) is 23.9 Å². The third-order valence-electron chi connectivity index (χ3n) is 5.78. The Morgan fingerprint density at radius 3 is 2.46 bits per heavy atom. The highest BCUT2D eigenvalue weighted by molar-refractivity contribution is 8.26. The zero-order chi connectivity index (χ0) is 25.8. The summed E-state index contributed by atoms with van der Waals surface area (Å²) < 4.78 is 21.3. The molecule has 5 nitrogen and oxygen atoms in total. The number of hydrogen-bond acceptors (Lipinski definition) is 5. The molecule has 5 rings (SSSR count). The Labute approximate surface area is 224 Å². The van der Waals surface area contributed by atoms with Gasteiger partial charge < -0.3 is 4.74 Å². The minimum Gasteiger partial charge on any atom is -0.494 e. The van der Waals surface area contributed by atoms with Crippen molar-refractivity contribution in [2.45, 2.75) is 19.9 Å². The average molecular weight is 530 g/mol. The quantitative estimate of drug-likeness (QED) is 0.184. The number of carbonyl (C=O) groups is 1. The van der Waals surface area contributed by atoms with Crippen molar-refractivity contribution in [3.8, 4) is 22.7 Å². The third-order valence-corrected chi connectivity index (χ3v) is 7.16. The fourth-order valence-electron chi connectivity index (χ4n) is 3.91. The summed E-state index contributed by atoms with van der Waals surface area (Å²) in [4.78, 5) is 15.4. The standard InChI is InChI=1S/C29H24FN3O2S2/c1-2-16-35-25-14-10-21(11-15-25)27-22(19-33(31-27)24-6-4-3-5-7-24)17-26-28(34)32(29(36)37-26)18-20-8-12-23(30)13-9-20/h3-15,17,19H,2,16,18H2,1H3. The number of benzene rings is 3. The normalized spacial score (nSPS) is 14.5. The van der Waals surface area contributed by atoms with E-state index in [-0.39, 0.29) is 18.3 Å². The van der Waals surface area contributed by atoms with Crippen molar-refractivity contribution in [1.29, 1.82) is 0 Å². The van der Waals surface area contributed by atoms with Gasteiger partial charge in [0, 0.05) is 17.3 Å². The Morgan fingerprint density at radius 1 is 1.03 bits per heavy atom. The molecule has 4 aromatic rings. The Bertz CT molecular complexity index is 1450. The van der Waals surface area contributed by atoms with Crippen molar-refractivity contribution in [3.63, 3.8) is 0 Å². The number of amides is 1. The molecule has 0 bridgehead atoms. The second kappa shape index (κ2) is 11.1. The molecule has 0 spiro atoms. The van der Waals surface area contributed by atoms with Crippen LogP contribution in [0.2, 0.25) is 0 Å². The first-order valence-electron chi connectivity index (χ1n) is 11.9. The number of ether oxygens (including phenoxy) is 1. The summed E-state index contributed by atoms with van der Waals surface area (Å²) >= 11 is 6.77. The third kappa shape index (κ3) is 5.65. The molecule has 1 aliphatic heterocycles. The van der Waals surface area contributed by atoms with Crippen LogP contribution in [0.1, 0.15) is 24.5 Å². The van der Waals surface area contributed by atoms with Gasteiger partial charge >= 0.3 is 0 Å². The largest absolute Gasteiger partial charge is 0.494 e. The first kappa shape index (κ1) is 24.9.